The topological polar surface area (TPSA) is 97.2 Å². The Morgan fingerprint density at radius 2 is 1.59 bits per heavy atom. The maximum absolute atomic E-state index is 13.2. The van der Waals surface area contributed by atoms with E-state index < -0.39 is 10.0 Å². The van der Waals surface area contributed by atoms with Crippen molar-refractivity contribution in [3.63, 3.8) is 0 Å². The van der Waals surface area contributed by atoms with Crippen LogP contribution in [0.1, 0.15) is 35.2 Å². The quantitative estimate of drug-likeness (QED) is 0.456. The summed E-state index contributed by atoms with van der Waals surface area (Å²) in [4.78, 5) is 13.1. The van der Waals surface area contributed by atoms with E-state index in [0.29, 0.717) is 25.2 Å². The molecule has 1 fully saturated rings. The number of hydrogen-bond acceptors (Lipinski definition) is 5. The van der Waals surface area contributed by atoms with Crippen LogP contribution in [0.15, 0.2) is 77.7 Å². The van der Waals surface area contributed by atoms with Crippen molar-refractivity contribution in [1.82, 2.24) is 19.3 Å². The lowest BCUT2D eigenvalue weighted by Gasteiger charge is -2.26. The van der Waals surface area contributed by atoms with E-state index in [1.807, 2.05) is 41.1 Å². The molecule has 5 rings (SSSR count). The Kier molecular flexibility index (Phi) is 6.12. The van der Waals surface area contributed by atoms with E-state index >= 15 is 0 Å². The lowest BCUT2D eigenvalue weighted by Crippen LogP contribution is -2.36. The zero-order valence-electron chi connectivity index (χ0n) is 18.6. The number of carbonyl (C=O) groups excluding carboxylic acids is 1. The van der Waals surface area contributed by atoms with Gasteiger partial charge in [0.25, 0.3) is 5.91 Å². The summed E-state index contributed by atoms with van der Waals surface area (Å²) in [6, 6.07) is 21.5. The van der Waals surface area contributed by atoms with Gasteiger partial charge >= 0.3 is 0 Å². The average molecular weight is 476 g/mol. The Labute approximate surface area is 198 Å². The van der Waals surface area contributed by atoms with E-state index in [1.54, 1.807) is 36.4 Å². The number of benzene rings is 3. The van der Waals surface area contributed by atoms with Crippen molar-refractivity contribution in [3.05, 3.63) is 83.9 Å². The van der Waals surface area contributed by atoms with Crippen LogP contribution >= 0.6 is 0 Å². The first-order valence-electron chi connectivity index (χ1n) is 11.3. The molecule has 8 nitrogen and oxygen atoms in total. The molecule has 174 valence electrons. The molecule has 9 heteroatoms. The molecule has 3 aromatic carbocycles. The molecule has 1 N–H and O–H groups in total. The summed E-state index contributed by atoms with van der Waals surface area (Å²) in [6.07, 6.45) is 2.74. The molecule has 1 saturated heterocycles. The molecule has 0 radical (unpaired) electrons. The lowest BCUT2D eigenvalue weighted by atomic mass is 10.1. The second-order valence-corrected chi connectivity index (χ2v) is 10.3. The van der Waals surface area contributed by atoms with E-state index in [4.69, 9.17) is 0 Å². The summed E-state index contributed by atoms with van der Waals surface area (Å²) in [7, 11) is -3.67. The summed E-state index contributed by atoms with van der Waals surface area (Å²) in [5.41, 5.74) is 3.47. The number of anilines is 1. The number of hydrogen-bond donors (Lipinski definition) is 1. The Hall–Kier alpha value is -3.56. The molecule has 0 unspecified atom stereocenters. The third kappa shape index (κ3) is 4.44. The number of rotatable bonds is 6. The number of sulfonamides is 1. The van der Waals surface area contributed by atoms with Gasteiger partial charge in [0.15, 0.2) is 0 Å². The molecule has 1 aliphatic heterocycles. The van der Waals surface area contributed by atoms with Crippen LogP contribution in [-0.2, 0) is 16.6 Å². The monoisotopic (exact) mass is 475 g/mol. The predicted molar refractivity (Wildman–Crippen MR) is 130 cm³/mol. The normalized spacial score (nSPS) is 14.8. The fourth-order valence-corrected chi connectivity index (χ4v) is 5.87. The van der Waals surface area contributed by atoms with E-state index in [2.05, 4.69) is 15.6 Å². The number of fused-ring (bicyclic) bond motifs is 1. The minimum absolute atomic E-state index is 0.125. The molecule has 0 bridgehead atoms. The molecule has 1 aromatic heterocycles. The summed E-state index contributed by atoms with van der Waals surface area (Å²) in [5, 5.41) is 11.2. The van der Waals surface area contributed by atoms with Crippen LogP contribution in [0.4, 0.5) is 5.69 Å². The molecule has 4 aromatic rings. The van der Waals surface area contributed by atoms with Gasteiger partial charge < -0.3 is 5.32 Å². The molecular formula is C25H25N5O3S. The molecule has 0 aliphatic carbocycles. The van der Waals surface area contributed by atoms with Crippen LogP contribution in [0.25, 0.3) is 11.0 Å². The SMILES string of the molecule is O=C(Nc1ccccc1S(=O)(=O)N1CCCCC1)c1ccc(Cn2nnc3ccccc32)cc1. The standard InChI is InChI=1S/C25H25N5O3S/c31-25(26-22-9-3-5-11-24(22)34(32,33)29-16-6-1-7-17-29)20-14-12-19(13-15-20)18-30-23-10-4-2-8-21(23)27-28-30/h2-5,8-15H,1,6-7,16-18H2,(H,26,31). The average Bonchev–Trinajstić information content (AvgIpc) is 3.28. The molecule has 2 heterocycles. The second-order valence-electron chi connectivity index (χ2n) is 8.35. The molecule has 1 amide bonds. The van der Waals surface area contributed by atoms with Crippen LogP contribution < -0.4 is 5.32 Å². The first kappa shape index (κ1) is 22.2. The number of piperidine rings is 1. The summed E-state index contributed by atoms with van der Waals surface area (Å²) >= 11 is 0. The number of nitrogens with one attached hydrogen (secondary N) is 1. The zero-order chi connectivity index (χ0) is 23.5. The molecule has 0 spiro atoms. The van der Waals surface area contributed by atoms with Crippen LogP contribution in [0.2, 0.25) is 0 Å². The van der Waals surface area contributed by atoms with Crippen LogP contribution in [0, 0.1) is 0 Å². The van der Waals surface area contributed by atoms with E-state index in [9.17, 15) is 13.2 Å². The highest BCUT2D eigenvalue weighted by Gasteiger charge is 2.28. The Morgan fingerprint density at radius 1 is 0.882 bits per heavy atom. The first-order chi connectivity index (χ1) is 16.5. The predicted octanol–water partition coefficient (Wildman–Crippen LogP) is 3.91. The number of para-hydroxylation sites is 2. The molecule has 0 atom stereocenters. The molecule has 0 saturated carbocycles. The minimum Gasteiger partial charge on any atom is -0.321 e. The Morgan fingerprint density at radius 3 is 2.38 bits per heavy atom. The summed E-state index contributed by atoms with van der Waals surface area (Å²) < 4.78 is 29.7. The van der Waals surface area contributed by atoms with Gasteiger partial charge in [-0.2, -0.15) is 4.31 Å². The smallest absolute Gasteiger partial charge is 0.255 e. The minimum atomic E-state index is -3.67. The second kappa shape index (κ2) is 9.36. The van der Waals surface area contributed by atoms with Gasteiger partial charge in [0, 0.05) is 18.7 Å². The summed E-state index contributed by atoms with van der Waals surface area (Å²) in [5.74, 6) is -0.362. The van der Waals surface area contributed by atoms with Crippen LogP contribution in [0.3, 0.4) is 0 Å². The van der Waals surface area contributed by atoms with Gasteiger partial charge in [-0.25, -0.2) is 13.1 Å². The summed E-state index contributed by atoms with van der Waals surface area (Å²) in [6.45, 7) is 1.54. The highest BCUT2D eigenvalue weighted by Crippen LogP contribution is 2.27. The largest absolute Gasteiger partial charge is 0.321 e. The van der Waals surface area contributed by atoms with E-state index in [1.165, 1.54) is 4.31 Å². The highest BCUT2D eigenvalue weighted by molar-refractivity contribution is 7.89. The van der Waals surface area contributed by atoms with Crippen LogP contribution in [0.5, 0.6) is 0 Å². The maximum atomic E-state index is 13.2. The van der Waals surface area contributed by atoms with Crippen molar-refractivity contribution in [1.29, 1.82) is 0 Å². The number of carbonyl (C=O) groups is 1. The first-order valence-corrected chi connectivity index (χ1v) is 12.7. The number of aromatic nitrogens is 3. The van der Waals surface area contributed by atoms with Gasteiger partial charge in [0.05, 0.1) is 17.7 Å². The third-order valence-electron chi connectivity index (χ3n) is 6.04. The third-order valence-corrected chi connectivity index (χ3v) is 7.99. The lowest BCUT2D eigenvalue weighted by molar-refractivity contribution is 0.102. The van der Waals surface area contributed by atoms with Gasteiger partial charge in [0.1, 0.15) is 10.4 Å². The fraction of sp³-hybridized carbons (Fsp3) is 0.240. The van der Waals surface area contributed by atoms with Crippen molar-refractivity contribution in [2.45, 2.75) is 30.7 Å². The fourth-order valence-electron chi connectivity index (χ4n) is 4.20. The van der Waals surface area contributed by atoms with E-state index in [0.717, 1.165) is 35.9 Å². The van der Waals surface area contributed by atoms with Crippen molar-refractivity contribution >= 4 is 32.7 Å². The molecule has 1 aliphatic rings. The van der Waals surface area contributed by atoms with Gasteiger partial charge in [-0.3, -0.25) is 4.79 Å². The zero-order valence-corrected chi connectivity index (χ0v) is 19.4. The van der Waals surface area contributed by atoms with Crippen LogP contribution in [-0.4, -0.2) is 46.7 Å². The van der Waals surface area contributed by atoms with Crippen molar-refractivity contribution in [3.8, 4) is 0 Å². The van der Waals surface area contributed by atoms with E-state index in [-0.39, 0.29) is 16.5 Å². The Bertz CT molecular complexity index is 1420. The Balaban J connectivity index is 1.32. The van der Waals surface area contributed by atoms with Crippen molar-refractivity contribution < 1.29 is 13.2 Å². The highest BCUT2D eigenvalue weighted by atomic mass is 32.2. The van der Waals surface area contributed by atoms with Gasteiger partial charge in [-0.15, -0.1) is 5.10 Å². The maximum Gasteiger partial charge on any atom is 0.255 e. The molecule has 34 heavy (non-hydrogen) atoms. The number of amides is 1. The van der Waals surface area contributed by atoms with Gasteiger partial charge in [-0.1, -0.05) is 48.0 Å². The number of nitrogens with zero attached hydrogens (tertiary/aromatic N) is 4. The van der Waals surface area contributed by atoms with Gasteiger partial charge in [0.2, 0.25) is 10.0 Å². The van der Waals surface area contributed by atoms with Crippen molar-refractivity contribution in [2.24, 2.45) is 0 Å². The molecular weight excluding hydrogens is 450 g/mol. The van der Waals surface area contributed by atoms with Gasteiger partial charge in [-0.05, 0) is 54.8 Å². The van der Waals surface area contributed by atoms with Crippen molar-refractivity contribution in [2.75, 3.05) is 18.4 Å².